The Morgan fingerprint density at radius 3 is 2.31 bits per heavy atom. The molecule has 2 rings (SSSR count). The lowest BCUT2D eigenvalue weighted by Crippen LogP contribution is -1.95. The molecule has 2 aromatic rings. The summed E-state index contributed by atoms with van der Waals surface area (Å²) in [7, 11) is 0. The van der Waals surface area contributed by atoms with Crippen LogP contribution in [-0.4, -0.2) is 11.4 Å². The van der Waals surface area contributed by atoms with Crippen molar-refractivity contribution in [2.75, 3.05) is 5.32 Å². The first-order chi connectivity index (χ1) is 7.79. The quantitative estimate of drug-likeness (QED) is 0.798. The van der Waals surface area contributed by atoms with Crippen LogP contribution in [0.2, 0.25) is 0 Å². The van der Waals surface area contributed by atoms with Crippen molar-refractivity contribution < 1.29 is 9.18 Å². The predicted molar refractivity (Wildman–Crippen MR) is 58.9 cm³/mol. The third kappa shape index (κ3) is 2.23. The number of aromatic nitrogens is 1. The Labute approximate surface area is 92.0 Å². The number of rotatable bonds is 3. The summed E-state index contributed by atoms with van der Waals surface area (Å²) in [5.41, 5.74) is 1.73. The lowest BCUT2D eigenvalue weighted by molar-refractivity contribution is 0.561. The summed E-state index contributed by atoms with van der Waals surface area (Å²) in [5.74, 6) is 0.159. The average molecular weight is 215 g/mol. The van der Waals surface area contributed by atoms with Crippen molar-refractivity contribution in [3.63, 3.8) is 0 Å². The standard InChI is InChI=1S/C12H8FN2O/c13-11-4-1-9(2-5-11)10-3-6-12(14-7-10)15-8-16/h1-7H,(H,14,15,16). The van der Waals surface area contributed by atoms with E-state index < -0.39 is 0 Å². The molecule has 0 aliphatic heterocycles. The van der Waals surface area contributed by atoms with Crippen molar-refractivity contribution in [3.8, 4) is 11.1 Å². The molecule has 0 spiro atoms. The lowest BCUT2D eigenvalue weighted by atomic mass is 10.1. The van der Waals surface area contributed by atoms with Gasteiger partial charge in [-0.3, -0.25) is 4.79 Å². The zero-order valence-electron chi connectivity index (χ0n) is 8.27. The molecule has 1 radical (unpaired) electrons. The number of hydrogen-bond acceptors (Lipinski definition) is 2. The Balaban J connectivity index is 2.27. The number of carbonyl (C=O) groups excluding carboxylic acids is 1. The van der Waals surface area contributed by atoms with E-state index in [1.54, 1.807) is 30.5 Å². The van der Waals surface area contributed by atoms with Crippen LogP contribution in [0.15, 0.2) is 42.6 Å². The van der Waals surface area contributed by atoms with Crippen molar-refractivity contribution in [1.82, 2.24) is 4.98 Å². The van der Waals surface area contributed by atoms with E-state index in [9.17, 15) is 9.18 Å². The van der Waals surface area contributed by atoms with Gasteiger partial charge in [-0.15, -0.1) is 0 Å². The van der Waals surface area contributed by atoms with Crippen molar-refractivity contribution in [3.05, 3.63) is 48.4 Å². The maximum absolute atomic E-state index is 12.7. The van der Waals surface area contributed by atoms with Gasteiger partial charge in [0.25, 0.3) is 0 Å². The molecule has 1 N–H and O–H groups in total. The molecule has 79 valence electrons. The van der Waals surface area contributed by atoms with Gasteiger partial charge in [0.1, 0.15) is 11.6 Å². The molecule has 16 heavy (non-hydrogen) atoms. The highest BCUT2D eigenvalue weighted by Crippen LogP contribution is 2.19. The van der Waals surface area contributed by atoms with E-state index in [-0.39, 0.29) is 5.82 Å². The second-order valence-electron chi connectivity index (χ2n) is 3.17. The van der Waals surface area contributed by atoms with Crippen LogP contribution in [0.1, 0.15) is 0 Å². The second-order valence-corrected chi connectivity index (χ2v) is 3.17. The fourth-order valence-electron chi connectivity index (χ4n) is 1.33. The van der Waals surface area contributed by atoms with Crippen LogP contribution in [-0.2, 0) is 4.79 Å². The number of benzene rings is 1. The largest absolute Gasteiger partial charge is 0.315 e. The van der Waals surface area contributed by atoms with Crippen molar-refractivity contribution in [1.29, 1.82) is 0 Å². The topological polar surface area (TPSA) is 42.0 Å². The molecule has 0 saturated carbocycles. The maximum atomic E-state index is 12.7. The van der Waals surface area contributed by atoms with E-state index in [1.807, 2.05) is 0 Å². The van der Waals surface area contributed by atoms with E-state index in [2.05, 4.69) is 10.3 Å². The SMILES string of the molecule is O=[C]Nc1ccc(-c2ccc(F)cc2)cn1. The summed E-state index contributed by atoms with van der Waals surface area (Å²) < 4.78 is 12.7. The van der Waals surface area contributed by atoms with Gasteiger partial charge in [-0.2, -0.15) is 0 Å². The molecule has 0 unspecified atom stereocenters. The minimum absolute atomic E-state index is 0.273. The number of halogens is 1. The van der Waals surface area contributed by atoms with Gasteiger partial charge in [0.15, 0.2) is 0 Å². The first-order valence-electron chi connectivity index (χ1n) is 4.65. The molecule has 4 heteroatoms. The summed E-state index contributed by atoms with van der Waals surface area (Å²) >= 11 is 0. The summed E-state index contributed by atoms with van der Waals surface area (Å²) in [4.78, 5) is 14.0. The van der Waals surface area contributed by atoms with Crippen molar-refractivity contribution >= 4 is 12.2 Å². The fourth-order valence-corrected chi connectivity index (χ4v) is 1.33. The number of amides is 1. The monoisotopic (exact) mass is 215 g/mol. The van der Waals surface area contributed by atoms with E-state index in [0.29, 0.717) is 5.82 Å². The smallest absolute Gasteiger partial charge is 0.302 e. The summed E-state index contributed by atoms with van der Waals surface area (Å²) in [5, 5.41) is 2.32. The zero-order chi connectivity index (χ0) is 11.4. The molecule has 0 atom stereocenters. The van der Waals surface area contributed by atoms with Gasteiger partial charge in [0.05, 0.1) is 0 Å². The van der Waals surface area contributed by atoms with Gasteiger partial charge < -0.3 is 5.32 Å². The third-order valence-corrected chi connectivity index (χ3v) is 2.12. The molecule has 0 bridgehead atoms. The van der Waals surface area contributed by atoms with Crippen LogP contribution in [0.4, 0.5) is 10.2 Å². The third-order valence-electron chi connectivity index (χ3n) is 2.12. The van der Waals surface area contributed by atoms with Gasteiger partial charge >= 0.3 is 6.41 Å². The Morgan fingerprint density at radius 1 is 1.06 bits per heavy atom. The van der Waals surface area contributed by atoms with Crippen LogP contribution in [0.25, 0.3) is 11.1 Å². The summed E-state index contributed by atoms with van der Waals surface area (Å²) in [6, 6.07) is 9.57. The number of anilines is 1. The van der Waals surface area contributed by atoms with Crippen LogP contribution in [0.5, 0.6) is 0 Å². The van der Waals surface area contributed by atoms with Gasteiger partial charge in [-0.1, -0.05) is 12.1 Å². The normalized spacial score (nSPS) is 9.81. The summed E-state index contributed by atoms with van der Waals surface area (Å²) in [6.07, 6.45) is 3.14. The summed E-state index contributed by atoms with van der Waals surface area (Å²) in [6.45, 7) is 0. The number of nitrogens with zero attached hydrogens (tertiary/aromatic N) is 1. The number of nitrogens with one attached hydrogen (secondary N) is 1. The molecule has 1 aromatic heterocycles. The van der Waals surface area contributed by atoms with Crippen LogP contribution < -0.4 is 5.32 Å². The highest BCUT2D eigenvalue weighted by Gasteiger charge is 1.99. The fraction of sp³-hybridized carbons (Fsp3) is 0. The molecule has 1 aromatic carbocycles. The molecule has 0 fully saturated rings. The molecule has 3 nitrogen and oxygen atoms in total. The first kappa shape index (κ1) is 10.3. The average Bonchev–Trinajstić information content (AvgIpc) is 2.32. The zero-order valence-corrected chi connectivity index (χ0v) is 8.27. The molecule has 1 heterocycles. The molecule has 0 aliphatic carbocycles. The Morgan fingerprint density at radius 2 is 1.75 bits per heavy atom. The van der Waals surface area contributed by atoms with Crippen molar-refractivity contribution in [2.45, 2.75) is 0 Å². The lowest BCUT2D eigenvalue weighted by Gasteiger charge is -2.02. The van der Waals surface area contributed by atoms with Gasteiger partial charge in [-0.25, -0.2) is 9.37 Å². The van der Waals surface area contributed by atoms with E-state index in [1.165, 1.54) is 18.5 Å². The van der Waals surface area contributed by atoms with E-state index in [4.69, 9.17) is 0 Å². The second kappa shape index (κ2) is 4.53. The molecule has 1 amide bonds. The van der Waals surface area contributed by atoms with Gasteiger partial charge in [0, 0.05) is 11.8 Å². The Kier molecular flexibility index (Phi) is 2.91. The van der Waals surface area contributed by atoms with Gasteiger partial charge in [-0.05, 0) is 29.8 Å². The first-order valence-corrected chi connectivity index (χ1v) is 4.65. The highest BCUT2D eigenvalue weighted by atomic mass is 19.1. The molecule has 0 saturated heterocycles. The number of hydrogen-bond donors (Lipinski definition) is 1. The van der Waals surface area contributed by atoms with E-state index in [0.717, 1.165) is 11.1 Å². The van der Waals surface area contributed by atoms with E-state index >= 15 is 0 Å². The molecule has 0 aliphatic rings. The minimum atomic E-state index is -0.273. The predicted octanol–water partition coefficient (Wildman–Crippen LogP) is 2.37. The van der Waals surface area contributed by atoms with Crippen LogP contribution in [0, 0.1) is 5.82 Å². The minimum Gasteiger partial charge on any atom is -0.302 e. The molecular formula is C12H8FN2O. The van der Waals surface area contributed by atoms with Crippen LogP contribution >= 0.6 is 0 Å². The number of pyridine rings is 1. The van der Waals surface area contributed by atoms with Crippen LogP contribution in [0.3, 0.4) is 0 Å². The Hall–Kier alpha value is -2.23. The molecular weight excluding hydrogens is 207 g/mol. The maximum Gasteiger partial charge on any atom is 0.315 e. The highest BCUT2D eigenvalue weighted by molar-refractivity contribution is 5.71. The Bertz CT molecular complexity index is 479. The van der Waals surface area contributed by atoms with Crippen molar-refractivity contribution in [2.24, 2.45) is 0 Å². The van der Waals surface area contributed by atoms with Gasteiger partial charge in [0.2, 0.25) is 0 Å².